The van der Waals surface area contributed by atoms with Gasteiger partial charge in [-0.25, -0.2) is 4.79 Å². The molecule has 1 aromatic carbocycles. The molecule has 27 heavy (non-hydrogen) atoms. The van der Waals surface area contributed by atoms with Gasteiger partial charge >= 0.3 is 5.63 Å². The van der Waals surface area contributed by atoms with Crippen LogP contribution in [0.4, 0.5) is 0 Å². The normalized spacial score (nSPS) is 11.4. The summed E-state index contributed by atoms with van der Waals surface area (Å²) in [6, 6.07) is 6.99. The minimum atomic E-state index is -0.382. The van der Waals surface area contributed by atoms with Crippen molar-refractivity contribution >= 4 is 34.3 Å². The van der Waals surface area contributed by atoms with Crippen LogP contribution in [0.15, 0.2) is 49.3 Å². The Bertz CT molecular complexity index is 1210. The number of fused-ring (bicyclic) bond motifs is 1. The van der Waals surface area contributed by atoms with Crippen LogP contribution in [0.5, 0.6) is 0 Å². The van der Waals surface area contributed by atoms with Gasteiger partial charge in [0.15, 0.2) is 11.0 Å². The number of benzene rings is 1. The zero-order chi connectivity index (χ0) is 19.1. The first-order valence-electron chi connectivity index (χ1n) is 8.23. The Morgan fingerprint density at radius 1 is 1.22 bits per heavy atom. The fraction of sp³-hybridized carbons (Fsp3) is 0.211. The lowest BCUT2D eigenvalue weighted by Crippen LogP contribution is -2.01. The Morgan fingerprint density at radius 3 is 2.78 bits per heavy atom. The molecular weight excluding hydrogens is 386 g/mol. The van der Waals surface area contributed by atoms with Crippen LogP contribution in [0.1, 0.15) is 16.9 Å². The number of hydrogen-bond acceptors (Lipinski definition) is 6. The zero-order valence-corrected chi connectivity index (χ0v) is 16.5. The number of aryl methyl sites for hydroxylation is 2. The van der Waals surface area contributed by atoms with Crippen LogP contribution in [-0.4, -0.2) is 14.8 Å². The molecule has 4 aromatic rings. The molecule has 4 rings (SSSR count). The van der Waals surface area contributed by atoms with E-state index >= 15 is 0 Å². The summed E-state index contributed by atoms with van der Waals surface area (Å²) in [5.74, 6) is 2.07. The second kappa shape index (κ2) is 6.90. The van der Waals surface area contributed by atoms with Crippen molar-refractivity contribution < 1.29 is 8.83 Å². The molecule has 0 unspecified atom stereocenters. The van der Waals surface area contributed by atoms with E-state index in [0.29, 0.717) is 16.4 Å². The molecule has 0 fully saturated rings. The van der Waals surface area contributed by atoms with E-state index in [1.54, 1.807) is 12.3 Å². The van der Waals surface area contributed by atoms with E-state index in [2.05, 4.69) is 10.2 Å². The van der Waals surface area contributed by atoms with Gasteiger partial charge in [-0.2, -0.15) is 0 Å². The molecule has 0 atom stereocenters. The van der Waals surface area contributed by atoms with Crippen LogP contribution in [-0.2, 0) is 12.8 Å². The van der Waals surface area contributed by atoms with Gasteiger partial charge in [-0.3, -0.25) is 0 Å². The van der Waals surface area contributed by atoms with E-state index in [4.69, 9.17) is 20.4 Å². The van der Waals surface area contributed by atoms with Gasteiger partial charge in [-0.1, -0.05) is 23.4 Å². The molecule has 6 nitrogen and oxygen atoms in total. The SMILES string of the molecule is Cc1cc2oc(=O)cc(CSc3nnc(-c4ccoc4C)n3C)c2cc1Cl. The molecule has 0 spiro atoms. The number of rotatable bonds is 4. The third kappa shape index (κ3) is 3.28. The molecule has 0 saturated heterocycles. The summed E-state index contributed by atoms with van der Waals surface area (Å²) in [4.78, 5) is 11.9. The molecular formula is C19H16ClN3O3S. The van der Waals surface area contributed by atoms with E-state index in [9.17, 15) is 4.79 Å². The van der Waals surface area contributed by atoms with Crippen molar-refractivity contribution in [2.45, 2.75) is 24.8 Å². The largest absolute Gasteiger partial charge is 0.469 e. The fourth-order valence-corrected chi connectivity index (χ4v) is 3.97. The van der Waals surface area contributed by atoms with E-state index < -0.39 is 0 Å². The van der Waals surface area contributed by atoms with Crippen molar-refractivity contribution in [2.24, 2.45) is 7.05 Å². The maximum absolute atomic E-state index is 11.9. The lowest BCUT2D eigenvalue weighted by molar-refractivity contribution is 0.534. The van der Waals surface area contributed by atoms with Gasteiger partial charge in [-0.05, 0) is 43.2 Å². The molecule has 138 valence electrons. The van der Waals surface area contributed by atoms with Crippen molar-refractivity contribution in [3.63, 3.8) is 0 Å². The maximum atomic E-state index is 11.9. The number of thioether (sulfide) groups is 1. The molecule has 0 saturated carbocycles. The van der Waals surface area contributed by atoms with Gasteiger partial charge in [0.1, 0.15) is 11.3 Å². The van der Waals surface area contributed by atoms with Gasteiger partial charge < -0.3 is 13.4 Å². The van der Waals surface area contributed by atoms with Crippen LogP contribution >= 0.6 is 23.4 Å². The summed E-state index contributed by atoms with van der Waals surface area (Å²) in [7, 11) is 1.90. The fourth-order valence-electron chi connectivity index (χ4n) is 2.90. The number of aromatic nitrogens is 3. The lowest BCUT2D eigenvalue weighted by atomic mass is 10.1. The van der Waals surface area contributed by atoms with Gasteiger partial charge in [0.05, 0.1) is 11.8 Å². The quantitative estimate of drug-likeness (QED) is 0.363. The first-order chi connectivity index (χ1) is 12.9. The molecule has 0 aliphatic carbocycles. The molecule has 0 amide bonds. The van der Waals surface area contributed by atoms with E-state index in [1.807, 2.05) is 37.6 Å². The number of hydrogen-bond donors (Lipinski definition) is 0. The summed E-state index contributed by atoms with van der Waals surface area (Å²) < 4.78 is 12.6. The second-order valence-electron chi connectivity index (χ2n) is 6.23. The predicted octanol–water partition coefficient (Wildman–Crippen LogP) is 4.74. The standard InChI is InChI=1S/C19H16ClN3O3S/c1-10-6-16-14(8-15(10)20)12(7-17(24)26-16)9-27-19-22-21-18(23(19)3)13-4-5-25-11(13)2/h4-8H,9H2,1-3H3. The summed E-state index contributed by atoms with van der Waals surface area (Å²) in [5, 5.41) is 10.7. The van der Waals surface area contributed by atoms with Gasteiger partial charge in [0.25, 0.3) is 0 Å². The van der Waals surface area contributed by atoms with Gasteiger partial charge in [0, 0.05) is 29.3 Å². The van der Waals surface area contributed by atoms with Crippen molar-refractivity contribution in [2.75, 3.05) is 0 Å². The molecule has 0 aliphatic heterocycles. The summed E-state index contributed by atoms with van der Waals surface area (Å²) in [6.45, 7) is 3.76. The first-order valence-corrected chi connectivity index (χ1v) is 9.60. The maximum Gasteiger partial charge on any atom is 0.336 e. The van der Waals surface area contributed by atoms with Crippen molar-refractivity contribution in [3.8, 4) is 11.4 Å². The van der Waals surface area contributed by atoms with Crippen molar-refractivity contribution in [1.29, 1.82) is 0 Å². The Balaban J connectivity index is 1.67. The Morgan fingerprint density at radius 2 is 2.04 bits per heavy atom. The lowest BCUT2D eigenvalue weighted by Gasteiger charge is -2.07. The first kappa shape index (κ1) is 17.9. The smallest absolute Gasteiger partial charge is 0.336 e. The highest BCUT2D eigenvalue weighted by Crippen LogP contribution is 2.31. The summed E-state index contributed by atoms with van der Waals surface area (Å²) in [5.41, 5.74) is 2.77. The number of nitrogens with zero attached hydrogens (tertiary/aromatic N) is 3. The summed E-state index contributed by atoms with van der Waals surface area (Å²) in [6.07, 6.45) is 1.63. The van der Waals surface area contributed by atoms with Crippen LogP contribution in [0.3, 0.4) is 0 Å². The second-order valence-corrected chi connectivity index (χ2v) is 7.58. The zero-order valence-electron chi connectivity index (χ0n) is 14.9. The minimum absolute atomic E-state index is 0.382. The molecule has 3 aromatic heterocycles. The van der Waals surface area contributed by atoms with E-state index in [-0.39, 0.29) is 5.63 Å². The molecule has 0 aliphatic rings. The molecule has 3 heterocycles. The minimum Gasteiger partial charge on any atom is -0.469 e. The average Bonchev–Trinajstić information content (AvgIpc) is 3.20. The van der Waals surface area contributed by atoms with E-state index in [0.717, 1.165) is 38.8 Å². The van der Waals surface area contributed by atoms with Crippen molar-refractivity contribution in [3.05, 3.63) is 62.9 Å². The summed E-state index contributed by atoms with van der Waals surface area (Å²) >= 11 is 7.75. The van der Waals surface area contributed by atoms with Crippen LogP contribution < -0.4 is 5.63 Å². The van der Waals surface area contributed by atoms with Crippen LogP contribution in [0.2, 0.25) is 5.02 Å². The Kier molecular flexibility index (Phi) is 4.57. The topological polar surface area (TPSA) is 74.1 Å². The molecule has 0 N–H and O–H groups in total. The number of furan rings is 1. The predicted molar refractivity (Wildman–Crippen MR) is 105 cm³/mol. The monoisotopic (exact) mass is 401 g/mol. The number of halogens is 1. The third-order valence-corrected chi connectivity index (χ3v) is 5.88. The van der Waals surface area contributed by atoms with Crippen LogP contribution in [0.25, 0.3) is 22.4 Å². The van der Waals surface area contributed by atoms with Crippen molar-refractivity contribution in [1.82, 2.24) is 14.8 Å². The molecule has 0 radical (unpaired) electrons. The highest BCUT2D eigenvalue weighted by Gasteiger charge is 2.16. The molecule has 0 bridgehead atoms. The van der Waals surface area contributed by atoms with E-state index in [1.165, 1.54) is 17.8 Å². The third-order valence-electron chi connectivity index (χ3n) is 4.40. The van der Waals surface area contributed by atoms with Gasteiger partial charge in [-0.15, -0.1) is 10.2 Å². The highest BCUT2D eigenvalue weighted by molar-refractivity contribution is 7.98. The van der Waals surface area contributed by atoms with Crippen LogP contribution in [0, 0.1) is 13.8 Å². The Hall–Kier alpha value is -2.51. The molecule has 8 heteroatoms. The Labute approximate surface area is 164 Å². The highest BCUT2D eigenvalue weighted by atomic mass is 35.5. The van der Waals surface area contributed by atoms with Gasteiger partial charge in [0.2, 0.25) is 0 Å². The average molecular weight is 402 g/mol.